The molecule has 5 nitrogen and oxygen atoms in total. The highest BCUT2D eigenvalue weighted by atomic mass is 35.5. The minimum Gasteiger partial charge on any atom is -0.464 e. The van der Waals surface area contributed by atoms with Gasteiger partial charge in [-0.1, -0.05) is 11.6 Å². The van der Waals surface area contributed by atoms with Crippen molar-refractivity contribution in [2.45, 2.75) is 17.9 Å². The molecule has 0 unspecified atom stereocenters. The lowest BCUT2D eigenvalue weighted by Crippen LogP contribution is -2.44. The Bertz CT molecular complexity index is 498. The number of thiol groups is 1. The second kappa shape index (κ2) is 5.98. The third-order valence-electron chi connectivity index (χ3n) is 2.97. The largest absolute Gasteiger partial charge is 0.464 e. The molecule has 7 heteroatoms. The summed E-state index contributed by atoms with van der Waals surface area (Å²) in [6.07, 6.45) is 0. The van der Waals surface area contributed by atoms with Gasteiger partial charge in [0.05, 0.1) is 36.3 Å². The van der Waals surface area contributed by atoms with Crippen LogP contribution in [0.5, 0.6) is 0 Å². The smallest absolute Gasteiger partial charge is 0.357 e. The molecule has 0 spiro atoms. The van der Waals surface area contributed by atoms with Crippen molar-refractivity contribution < 1.29 is 14.3 Å². The summed E-state index contributed by atoms with van der Waals surface area (Å²) in [5.74, 6) is 0.0914. The van der Waals surface area contributed by atoms with Crippen molar-refractivity contribution in [2.75, 3.05) is 31.8 Å². The van der Waals surface area contributed by atoms with E-state index in [2.05, 4.69) is 27.2 Å². The minimum atomic E-state index is -0.547. The Hall–Kier alpha value is -0.980. The lowest BCUT2D eigenvalue weighted by Gasteiger charge is -2.34. The number of anilines is 1. The van der Waals surface area contributed by atoms with Gasteiger partial charge in [-0.2, -0.15) is 0 Å². The van der Waals surface area contributed by atoms with Crippen molar-refractivity contribution in [3.05, 3.63) is 16.8 Å². The third-order valence-corrected chi connectivity index (χ3v) is 3.86. The van der Waals surface area contributed by atoms with E-state index in [9.17, 15) is 4.79 Å². The van der Waals surface area contributed by atoms with Gasteiger partial charge < -0.3 is 14.4 Å². The van der Waals surface area contributed by atoms with Crippen LogP contribution in [0.3, 0.4) is 0 Å². The van der Waals surface area contributed by atoms with E-state index in [1.165, 1.54) is 7.11 Å². The van der Waals surface area contributed by atoms with E-state index in [0.717, 1.165) is 0 Å². The molecule has 0 amide bonds. The van der Waals surface area contributed by atoms with E-state index in [4.69, 9.17) is 16.3 Å². The highest BCUT2D eigenvalue weighted by Gasteiger charge is 2.24. The summed E-state index contributed by atoms with van der Waals surface area (Å²) in [5, 5.41) is 0.382. The Balaban J connectivity index is 2.41. The molecule has 1 fully saturated rings. The predicted molar refractivity (Wildman–Crippen MR) is 75.5 cm³/mol. The van der Waals surface area contributed by atoms with Crippen LogP contribution in [0, 0.1) is 0 Å². The lowest BCUT2D eigenvalue weighted by atomic mass is 10.2. The number of aromatic nitrogens is 1. The number of rotatable bonds is 2. The first kappa shape index (κ1) is 14.4. The number of halogens is 1. The number of carbonyl (C=O) groups is 1. The molecule has 1 aliphatic rings. The summed E-state index contributed by atoms with van der Waals surface area (Å²) in [5.41, 5.74) is 0.132. The zero-order chi connectivity index (χ0) is 14.0. The quantitative estimate of drug-likeness (QED) is 0.669. The molecule has 0 aliphatic carbocycles. The third kappa shape index (κ3) is 2.96. The van der Waals surface area contributed by atoms with Crippen LogP contribution in [-0.2, 0) is 9.47 Å². The SMILES string of the molecule is COC(=O)c1nc(N2CCOC[C@H]2C)cc(Cl)c1S. The zero-order valence-electron chi connectivity index (χ0n) is 10.7. The molecule has 1 saturated heterocycles. The second-order valence-corrected chi connectivity index (χ2v) is 5.12. The van der Waals surface area contributed by atoms with E-state index in [-0.39, 0.29) is 11.7 Å². The summed E-state index contributed by atoms with van der Waals surface area (Å²) >= 11 is 10.3. The van der Waals surface area contributed by atoms with Crippen molar-refractivity contribution in [1.82, 2.24) is 4.98 Å². The number of carbonyl (C=O) groups excluding carboxylic acids is 1. The number of hydrogen-bond donors (Lipinski definition) is 1. The van der Waals surface area contributed by atoms with Crippen molar-refractivity contribution in [2.24, 2.45) is 0 Å². The van der Waals surface area contributed by atoms with Crippen LogP contribution < -0.4 is 4.90 Å². The molecular formula is C12H15ClN2O3S. The molecule has 0 radical (unpaired) electrons. The van der Waals surface area contributed by atoms with E-state index in [0.29, 0.717) is 35.5 Å². The van der Waals surface area contributed by atoms with Crippen molar-refractivity contribution >= 4 is 36.0 Å². The van der Waals surface area contributed by atoms with Gasteiger partial charge in [0.2, 0.25) is 0 Å². The topological polar surface area (TPSA) is 51.7 Å². The Morgan fingerprint density at radius 2 is 2.42 bits per heavy atom. The first-order valence-electron chi connectivity index (χ1n) is 5.86. The van der Waals surface area contributed by atoms with Crippen LogP contribution in [0.4, 0.5) is 5.82 Å². The number of pyridine rings is 1. The van der Waals surface area contributed by atoms with Crippen molar-refractivity contribution in [1.29, 1.82) is 0 Å². The molecular weight excluding hydrogens is 288 g/mol. The van der Waals surface area contributed by atoms with Gasteiger partial charge >= 0.3 is 5.97 Å². The van der Waals surface area contributed by atoms with Gasteiger partial charge in [-0.3, -0.25) is 0 Å². The molecule has 19 heavy (non-hydrogen) atoms. The molecule has 0 bridgehead atoms. The van der Waals surface area contributed by atoms with Crippen LogP contribution in [0.2, 0.25) is 5.02 Å². The van der Waals surface area contributed by atoms with Crippen LogP contribution in [0.15, 0.2) is 11.0 Å². The highest BCUT2D eigenvalue weighted by Crippen LogP contribution is 2.29. The average molecular weight is 303 g/mol. The maximum absolute atomic E-state index is 11.7. The van der Waals surface area contributed by atoms with E-state index in [1.54, 1.807) is 6.07 Å². The maximum Gasteiger partial charge on any atom is 0.357 e. The van der Waals surface area contributed by atoms with Gasteiger partial charge in [0.25, 0.3) is 0 Å². The monoisotopic (exact) mass is 302 g/mol. The van der Waals surface area contributed by atoms with Gasteiger partial charge in [0.1, 0.15) is 5.82 Å². The zero-order valence-corrected chi connectivity index (χ0v) is 12.4. The summed E-state index contributed by atoms with van der Waals surface area (Å²) in [4.78, 5) is 18.4. The normalized spacial score (nSPS) is 19.4. The molecule has 104 valence electrons. The van der Waals surface area contributed by atoms with Gasteiger partial charge in [0.15, 0.2) is 5.69 Å². The fourth-order valence-corrected chi connectivity index (χ4v) is 2.34. The van der Waals surface area contributed by atoms with Crippen LogP contribution in [0.1, 0.15) is 17.4 Å². The molecule has 2 heterocycles. The Morgan fingerprint density at radius 3 is 3.05 bits per heavy atom. The van der Waals surface area contributed by atoms with E-state index < -0.39 is 5.97 Å². The fourth-order valence-electron chi connectivity index (χ4n) is 1.95. The number of morpholine rings is 1. The predicted octanol–water partition coefficient (Wildman–Crippen LogP) is 2.04. The van der Waals surface area contributed by atoms with Crippen molar-refractivity contribution in [3.63, 3.8) is 0 Å². The molecule has 1 aromatic rings. The standard InChI is InChI=1S/C12H15ClN2O3S/c1-7-6-18-4-3-15(7)9-5-8(13)11(19)10(14-9)12(16)17-2/h5,7,19H,3-4,6H2,1-2H3/t7-/m1/s1. The minimum absolute atomic E-state index is 0.132. The maximum atomic E-state index is 11.7. The average Bonchev–Trinajstić information content (AvgIpc) is 2.41. The first-order valence-corrected chi connectivity index (χ1v) is 6.69. The van der Waals surface area contributed by atoms with Gasteiger partial charge in [0, 0.05) is 12.6 Å². The van der Waals surface area contributed by atoms with Gasteiger partial charge in [-0.15, -0.1) is 12.6 Å². The number of ether oxygens (including phenoxy) is 2. The Kier molecular flexibility index (Phi) is 4.54. The lowest BCUT2D eigenvalue weighted by molar-refractivity contribution is 0.0589. The van der Waals surface area contributed by atoms with Crippen molar-refractivity contribution in [3.8, 4) is 0 Å². The molecule has 0 saturated carbocycles. The van der Waals surface area contributed by atoms with Crippen LogP contribution in [0.25, 0.3) is 0 Å². The molecule has 1 aliphatic heterocycles. The van der Waals surface area contributed by atoms with Crippen LogP contribution >= 0.6 is 24.2 Å². The molecule has 1 aromatic heterocycles. The molecule has 0 aromatic carbocycles. The molecule has 1 atom stereocenters. The molecule has 0 N–H and O–H groups in total. The number of nitrogens with zero attached hydrogens (tertiary/aromatic N) is 2. The number of hydrogen-bond acceptors (Lipinski definition) is 6. The summed E-state index contributed by atoms with van der Waals surface area (Å²) < 4.78 is 10.1. The van der Waals surface area contributed by atoms with Gasteiger partial charge in [-0.05, 0) is 6.92 Å². The fraction of sp³-hybridized carbons (Fsp3) is 0.500. The highest BCUT2D eigenvalue weighted by molar-refractivity contribution is 7.80. The summed E-state index contributed by atoms with van der Waals surface area (Å²) in [6, 6.07) is 1.88. The van der Waals surface area contributed by atoms with E-state index >= 15 is 0 Å². The van der Waals surface area contributed by atoms with Gasteiger partial charge in [-0.25, -0.2) is 9.78 Å². The first-order chi connectivity index (χ1) is 9.04. The molecule has 2 rings (SSSR count). The second-order valence-electron chi connectivity index (χ2n) is 4.27. The van der Waals surface area contributed by atoms with Crippen LogP contribution in [-0.4, -0.2) is 43.9 Å². The van der Waals surface area contributed by atoms with E-state index in [1.807, 2.05) is 6.92 Å². The number of methoxy groups -OCH3 is 1. The summed E-state index contributed by atoms with van der Waals surface area (Å²) in [6.45, 7) is 3.98. The Morgan fingerprint density at radius 1 is 1.68 bits per heavy atom. The summed E-state index contributed by atoms with van der Waals surface area (Å²) in [7, 11) is 1.30. The number of esters is 1. The Labute approximate surface area is 122 Å².